The maximum absolute atomic E-state index is 13.3. The van der Waals surface area contributed by atoms with E-state index < -0.39 is 5.82 Å². The van der Waals surface area contributed by atoms with Crippen LogP contribution in [-0.2, 0) is 0 Å². The predicted molar refractivity (Wildman–Crippen MR) is 79.2 cm³/mol. The van der Waals surface area contributed by atoms with E-state index >= 15 is 0 Å². The Kier molecular flexibility index (Phi) is 3.97. The molecular formula is C13H18ClFN2S. The monoisotopic (exact) mass is 288 g/mol. The van der Waals surface area contributed by atoms with Crippen molar-refractivity contribution in [2.45, 2.75) is 25.0 Å². The summed E-state index contributed by atoms with van der Waals surface area (Å²) in [5, 5.41) is 0.135. The van der Waals surface area contributed by atoms with Crippen LogP contribution in [0.4, 0.5) is 15.8 Å². The molecule has 0 aromatic heterocycles. The third kappa shape index (κ3) is 3.04. The second-order valence-corrected chi connectivity index (χ2v) is 7.38. The molecule has 1 heterocycles. The maximum Gasteiger partial charge on any atom is 0.143 e. The third-order valence-corrected chi connectivity index (χ3v) is 4.91. The van der Waals surface area contributed by atoms with Crippen molar-refractivity contribution in [3.05, 3.63) is 23.0 Å². The number of rotatable bonds is 1. The molecule has 0 aliphatic carbocycles. The highest BCUT2D eigenvalue weighted by Crippen LogP contribution is 2.35. The SMILES string of the molecule is CC1(C)CCN(c2cc(Cl)c(F)cc2N)CCS1. The average Bonchev–Trinajstić information content (AvgIpc) is 2.45. The maximum atomic E-state index is 13.3. The highest BCUT2D eigenvalue weighted by atomic mass is 35.5. The molecule has 1 aliphatic heterocycles. The van der Waals surface area contributed by atoms with Crippen molar-refractivity contribution >= 4 is 34.7 Å². The summed E-state index contributed by atoms with van der Waals surface area (Å²) in [7, 11) is 0. The van der Waals surface area contributed by atoms with Gasteiger partial charge in [-0.25, -0.2) is 4.39 Å². The zero-order valence-corrected chi connectivity index (χ0v) is 12.2. The van der Waals surface area contributed by atoms with Crippen molar-refractivity contribution in [2.24, 2.45) is 0 Å². The number of nitrogen functional groups attached to an aromatic ring is 1. The smallest absolute Gasteiger partial charge is 0.143 e. The number of anilines is 2. The van der Waals surface area contributed by atoms with E-state index in [1.807, 2.05) is 11.8 Å². The van der Waals surface area contributed by atoms with E-state index in [0.29, 0.717) is 5.69 Å². The van der Waals surface area contributed by atoms with Gasteiger partial charge in [0.2, 0.25) is 0 Å². The summed E-state index contributed by atoms with van der Waals surface area (Å²) in [6.45, 7) is 6.34. The lowest BCUT2D eigenvalue weighted by Gasteiger charge is -2.25. The summed E-state index contributed by atoms with van der Waals surface area (Å²) in [6.07, 6.45) is 1.08. The Bertz CT molecular complexity index is 451. The molecule has 2 N–H and O–H groups in total. The van der Waals surface area contributed by atoms with Crippen molar-refractivity contribution in [1.29, 1.82) is 0 Å². The molecule has 5 heteroatoms. The van der Waals surface area contributed by atoms with Crippen LogP contribution >= 0.6 is 23.4 Å². The first-order valence-corrected chi connectivity index (χ1v) is 7.39. The average molecular weight is 289 g/mol. The van der Waals surface area contributed by atoms with Gasteiger partial charge in [-0.1, -0.05) is 25.4 Å². The lowest BCUT2D eigenvalue weighted by molar-refractivity contribution is 0.625. The fourth-order valence-corrected chi connectivity index (χ4v) is 3.34. The molecule has 0 unspecified atom stereocenters. The van der Waals surface area contributed by atoms with Gasteiger partial charge in [0.05, 0.1) is 16.4 Å². The standard InChI is InChI=1S/C13H18ClFN2S/c1-13(2)3-4-17(5-6-18-13)12-7-9(14)10(15)8-11(12)16/h7-8H,3-6,16H2,1-2H3. The van der Waals surface area contributed by atoms with Crippen LogP contribution in [0, 0.1) is 5.82 Å². The number of nitrogens with zero attached hydrogens (tertiary/aromatic N) is 1. The summed E-state index contributed by atoms with van der Waals surface area (Å²) in [6, 6.07) is 2.94. The number of halogens is 2. The van der Waals surface area contributed by atoms with Gasteiger partial charge in [0.15, 0.2) is 0 Å². The van der Waals surface area contributed by atoms with E-state index in [1.54, 1.807) is 6.07 Å². The lowest BCUT2D eigenvalue weighted by Crippen LogP contribution is -2.27. The molecule has 0 bridgehead atoms. The Labute approximate surface area is 117 Å². The number of hydrogen-bond acceptors (Lipinski definition) is 3. The number of nitrogens with two attached hydrogens (primary N) is 1. The van der Waals surface area contributed by atoms with Gasteiger partial charge in [-0.05, 0) is 12.5 Å². The van der Waals surface area contributed by atoms with Crippen LogP contribution in [-0.4, -0.2) is 23.6 Å². The topological polar surface area (TPSA) is 29.3 Å². The van der Waals surface area contributed by atoms with E-state index in [-0.39, 0.29) is 9.77 Å². The predicted octanol–water partition coefficient (Wildman–Crippen LogP) is 3.78. The largest absolute Gasteiger partial charge is 0.397 e. The van der Waals surface area contributed by atoms with Crippen molar-refractivity contribution in [2.75, 3.05) is 29.5 Å². The molecular weight excluding hydrogens is 271 g/mol. The molecule has 0 spiro atoms. The lowest BCUT2D eigenvalue weighted by atomic mass is 10.1. The third-order valence-electron chi connectivity index (χ3n) is 3.25. The zero-order valence-electron chi connectivity index (χ0n) is 10.7. The molecule has 0 saturated carbocycles. The summed E-state index contributed by atoms with van der Waals surface area (Å²) < 4.78 is 13.6. The first kappa shape index (κ1) is 13.8. The summed E-state index contributed by atoms with van der Waals surface area (Å²) in [5.41, 5.74) is 7.20. The fourth-order valence-electron chi connectivity index (χ4n) is 2.09. The molecule has 1 fully saturated rings. The van der Waals surface area contributed by atoms with E-state index in [2.05, 4.69) is 18.7 Å². The highest BCUT2D eigenvalue weighted by molar-refractivity contribution is 8.00. The summed E-state index contributed by atoms with van der Waals surface area (Å²) >= 11 is 7.80. The van der Waals surface area contributed by atoms with Crippen LogP contribution in [0.3, 0.4) is 0 Å². The van der Waals surface area contributed by atoms with Crippen LogP contribution in [0.5, 0.6) is 0 Å². The van der Waals surface area contributed by atoms with E-state index in [1.165, 1.54) is 6.07 Å². The minimum atomic E-state index is -0.456. The van der Waals surface area contributed by atoms with Gasteiger partial charge in [0.1, 0.15) is 5.82 Å². The van der Waals surface area contributed by atoms with Gasteiger partial charge in [-0.15, -0.1) is 0 Å². The molecule has 0 amide bonds. The molecule has 2 nitrogen and oxygen atoms in total. The van der Waals surface area contributed by atoms with E-state index in [4.69, 9.17) is 17.3 Å². The zero-order chi connectivity index (χ0) is 13.3. The quantitative estimate of drug-likeness (QED) is 0.798. The van der Waals surface area contributed by atoms with E-state index in [9.17, 15) is 4.39 Å². The van der Waals surface area contributed by atoms with Gasteiger partial charge >= 0.3 is 0 Å². The Morgan fingerprint density at radius 1 is 1.39 bits per heavy atom. The molecule has 1 aromatic carbocycles. The van der Waals surface area contributed by atoms with Crippen molar-refractivity contribution < 1.29 is 4.39 Å². The second-order valence-electron chi connectivity index (χ2n) is 5.17. The minimum Gasteiger partial charge on any atom is -0.397 e. The van der Waals surface area contributed by atoms with Gasteiger partial charge in [-0.3, -0.25) is 0 Å². The number of benzene rings is 1. The molecule has 2 rings (SSSR count). The molecule has 100 valence electrons. The van der Waals surface area contributed by atoms with E-state index in [0.717, 1.165) is 31.0 Å². The number of thioether (sulfide) groups is 1. The second kappa shape index (κ2) is 5.17. The molecule has 1 aromatic rings. The first-order chi connectivity index (χ1) is 8.39. The van der Waals surface area contributed by atoms with Crippen LogP contribution in [0.1, 0.15) is 20.3 Å². The molecule has 0 atom stereocenters. The Morgan fingerprint density at radius 2 is 2.11 bits per heavy atom. The van der Waals surface area contributed by atoms with Gasteiger partial charge in [0, 0.05) is 29.7 Å². The van der Waals surface area contributed by atoms with Crippen molar-refractivity contribution in [1.82, 2.24) is 0 Å². The Morgan fingerprint density at radius 3 is 2.83 bits per heavy atom. The molecule has 18 heavy (non-hydrogen) atoms. The molecule has 1 saturated heterocycles. The number of hydrogen-bond donors (Lipinski definition) is 1. The highest BCUT2D eigenvalue weighted by Gasteiger charge is 2.24. The van der Waals surface area contributed by atoms with Crippen LogP contribution in [0.15, 0.2) is 12.1 Å². The molecule has 0 radical (unpaired) electrons. The summed E-state index contributed by atoms with van der Waals surface area (Å²) in [4.78, 5) is 2.20. The van der Waals surface area contributed by atoms with Crippen LogP contribution < -0.4 is 10.6 Å². The summed E-state index contributed by atoms with van der Waals surface area (Å²) in [5.74, 6) is 0.587. The van der Waals surface area contributed by atoms with Crippen molar-refractivity contribution in [3.8, 4) is 0 Å². The fraction of sp³-hybridized carbons (Fsp3) is 0.538. The first-order valence-electron chi connectivity index (χ1n) is 6.02. The Balaban J connectivity index is 2.24. The normalized spacial score (nSPS) is 19.7. The Hall–Kier alpha value is -0.610. The van der Waals surface area contributed by atoms with Crippen LogP contribution in [0.25, 0.3) is 0 Å². The van der Waals surface area contributed by atoms with Gasteiger partial charge < -0.3 is 10.6 Å². The molecule has 1 aliphatic rings. The van der Waals surface area contributed by atoms with Gasteiger partial charge in [-0.2, -0.15) is 11.8 Å². The van der Waals surface area contributed by atoms with Gasteiger partial charge in [0.25, 0.3) is 0 Å². The van der Waals surface area contributed by atoms with Crippen LogP contribution in [0.2, 0.25) is 5.02 Å². The minimum absolute atomic E-state index is 0.135. The van der Waals surface area contributed by atoms with Crippen molar-refractivity contribution in [3.63, 3.8) is 0 Å².